The second kappa shape index (κ2) is 7.88. The van der Waals surface area contributed by atoms with Gasteiger partial charge < -0.3 is 25.8 Å². The predicted molar refractivity (Wildman–Crippen MR) is 78.3 cm³/mol. The van der Waals surface area contributed by atoms with Gasteiger partial charge in [-0.1, -0.05) is 0 Å². The Morgan fingerprint density at radius 3 is 2.60 bits per heavy atom. The molecule has 0 spiro atoms. The van der Waals surface area contributed by atoms with Crippen molar-refractivity contribution in [3.8, 4) is 11.5 Å². The van der Waals surface area contributed by atoms with Crippen LogP contribution < -0.4 is 25.8 Å². The van der Waals surface area contributed by atoms with Crippen molar-refractivity contribution in [3.05, 3.63) is 18.2 Å². The number of hydrogen-bond acceptors (Lipinski definition) is 4. The number of aliphatic imine (C=N–C) groups is 1. The number of methoxy groups -OCH3 is 2. The molecule has 0 heterocycles. The Hall–Kier alpha value is -2.44. The summed E-state index contributed by atoms with van der Waals surface area (Å²) in [6, 6.07) is 5.33. The summed E-state index contributed by atoms with van der Waals surface area (Å²) >= 11 is 0. The van der Waals surface area contributed by atoms with Crippen molar-refractivity contribution in [1.82, 2.24) is 5.32 Å². The van der Waals surface area contributed by atoms with Crippen LogP contribution in [0.15, 0.2) is 23.2 Å². The zero-order valence-corrected chi connectivity index (χ0v) is 11.9. The molecule has 110 valence electrons. The van der Waals surface area contributed by atoms with Gasteiger partial charge >= 0.3 is 0 Å². The Morgan fingerprint density at radius 2 is 2.00 bits per heavy atom. The fraction of sp³-hybridized carbons (Fsp3) is 0.385. The van der Waals surface area contributed by atoms with E-state index in [0.717, 1.165) is 5.69 Å². The fourth-order valence-corrected chi connectivity index (χ4v) is 1.51. The normalized spacial score (nSPS) is 10.8. The van der Waals surface area contributed by atoms with E-state index in [9.17, 15) is 4.79 Å². The van der Waals surface area contributed by atoms with Gasteiger partial charge in [-0.2, -0.15) is 0 Å². The molecule has 1 rings (SSSR count). The van der Waals surface area contributed by atoms with E-state index in [2.05, 4.69) is 15.6 Å². The molecule has 1 aromatic rings. The molecule has 0 atom stereocenters. The van der Waals surface area contributed by atoms with Gasteiger partial charge in [0.05, 0.1) is 20.8 Å². The first-order valence-electron chi connectivity index (χ1n) is 6.10. The lowest BCUT2D eigenvalue weighted by molar-refractivity contribution is -0.118. The minimum absolute atomic E-state index is 0.0911. The minimum atomic E-state index is -0.0911. The quantitative estimate of drug-likeness (QED) is 0.402. The third-order valence-corrected chi connectivity index (χ3v) is 2.42. The van der Waals surface area contributed by atoms with Crippen molar-refractivity contribution in [2.24, 2.45) is 10.7 Å². The first-order valence-corrected chi connectivity index (χ1v) is 6.10. The van der Waals surface area contributed by atoms with E-state index in [1.165, 1.54) is 6.92 Å². The monoisotopic (exact) mass is 280 g/mol. The number of rotatable bonds is 6. The number of guanidine groups is 1. The van der Waals surface area contributed by atoms with Crippen LogP contribution in [0.3, 0.4) is 0 Å². The first-order chi connectivity index (χ1) is 9.56. The highest BCUT2D eigenvalue weighted by Crippen LogP contribution is 2.29. The van der Waals surface area contributed by atoms with Crippen LogP contribution in [0.25, 0.3) is 0 Å². The number of ether oxygens (including phenoxy) is 2. The Morgan fingerprint density at radius 1 is 1.30 bits per heavy atom. The molecule has 1 aromatic carbocycles. The van der Waals surface area contributed by atoms with Crippen LogP contribution in [0, 0.1) is 0 Å². The zero-order chi connectivity index (χ0) is 15.0. The largest absolute Gasteiger partial charge is 0.493 e. The summed E-state index contributed by atoms with van der Waals surface area (Å²) in [5.74, 6) is 1.41. The summed E-state index contributed by atoms with van der Waals surface area (Å²) in [6.07, 6.45) is 0. The van der Waals surface area contributed by atoms with Crippen molar-refractivity contribution < 1.29 is 14.3 Å². The van der Waals surface area contributed by atoms with Crippen molar-refractivity contribution in [2.45, 2.75) is 6.92 Å². The van der Waals surface area contributed by atoms with Gasteiger partial charge in [-0.15, -0.1) is 0 Å². The van der Waals surface area contributed by atoms with Crippen LogP contribution in [-0.4, -0.2) is 39.2 Å². The average Bonchev–Trinajstić information content (AvgIpc) is 2.43. The number of anilines is 1. The Labute approximate surface area is 118 Å². The van der Waals surface area contributed by atoms with Crippen LogP contribution in [0.4, 0.5) is 5.69 Å². The molecular formula is C13H20N4O3. The van der Waals surface area contributed by atoms with E-state index < -0.39 is 0 Å². The summed E-state index contributed by atoms with van der Waals surface area (Å²) in [4.78, 5) is 14.8. The van der Waals surface area contributed by atoms with Gasteiger partial charge in [0.15, 0.2) is 17.5 Å². The van der Waals surface area contributed by atoms with E-state index in [-0.39, 0.29) is 11.9 Å². The fourth-order valence-electron chi connectivity index (χ4n) is 1.51. The lowest BCUT2D eigenvalue weighted by Gasteiger charge is -2.10. The van der Waals surface area contributed by atoms with Crippen LogP contribution >= 0.6 is 0 Å². The van der Waals surface area contributed by atoms with Crippen LogP contribution in [0.2, 0.25) is 0 Å². The highest BCUT2D eigenvalue weighted by molar-refractivity contribution is 5.92. The highest BCUT2D eigenvalue weighted by Gasteiger charge is 2.04. The lowest BCUT2D eigenvalue weighted by atomic mass is 10.3. The summed E-state index contributed by atoms with van der Waals surface area (Å²) in [7, 11) is 3.13. The molecule has 7 nitrogen and oxygen atoms in total. The number of benzene rings is 1. The van der Waals surface area contributed by atoms with E-state index in [0.29, 0.717) is 24.6 Å². The summed E-state index contributed by atoms with van der Waals surface area (Å²) in [6.45, 7) is 2.31. The van der Waals surface area contributed by atoms with E-state index in [1.807, 2.05) is 0 Å². The molecule has 20 heavy (non-hydrogen) atoms. The standard InChI is InChI=1S/C13H20N4O3/c1-9(18)15-6-7-16-13(14)17-10-4-5-11(19-2)12(8-10)20-3/h4-5,8H,6-7H2,1-3H3,(H,15,18)(H3,14,16,17). The van der Waals surface area contributed by atoms with Crippen molar-refractivity contribution in [2.75, 3.05) is 32.6 Å². The predicted octanol–water partition coefficient (Wildman–Crippen LogP) is 0.567. The summed E-state index contributed by atoms with van der Waals surface area (Å²) in [5, 5.41) is 5.57. The maximum Gasteiger partial charge on any atom is 0.216 e. The van der Waals surface area contributed by atoms with E-state index >= 15 is 0 Å². The van der Waals surface area contributed by atoms with Gasteiger partial charge in [0.2, 0.25) is 5.91 Å². The van der Waals surface area contributed by atoms with Gasteiger partial charge in [-0.3, -0.25) is 9.79 Å². The third-order valence-electron chi connectivity index (χ3n) is 2.42. The molecule has 0 saturated heterocycles. The maximum atomic E-state index is 10.7. The molecule has 0 aliphatic heterocycles. The average molecular weight is 280 g/mol. The molecule has 7 heteroatoms. The van der Waals surface area contributed by atoms with Gasteiger partial charge in [0, 0.05) is 25.2 Å². The van der Waals surface area contributed by atoms with Gasteiger partial charge in [-0.05, 0) is 12.1 Å². The maximum absolute atomic E-state index is 10.7. The number of amides is 1. The Balaban J connectivity index is 2.59. The topological polar surface area (TPSA) is 98.0 Å². The smallest absolute Gasteiger partial charge is 0.216 e. The van der Waals surface area contributed by atoms with Gasteiger partial charge in [0.25, 0.3) is 0 Å². The summed E-state index contributed by atoms with van der Waals surface area (Å²) in [5.41, 5.74) is 6.48. The van der Waals surface area contributed by atoms with Crippen LogP contribution in [-0.2, 0) is 4.79 Å². The van der Waals surface area contributed by atoms with Crippen molar-refractivity contribution in [3.63, 3.8) is 0 Å². The highest BCUT2D eigenvalue weighted by atomic mass is 16.5. The summed E-state index contributed by atoms with van der Waals surface area (Å²) < 4.78 is 10.3. The molecule has 0 aliphatic carbocycles. The molecule has 0 aliphatic rings. The molecule has 0 radical (unpaired) electrons. The lowest BCUT2D eigenvalue weighted by Crippen LogP contribution is -2.26. The number of nitrogens with zero attached hydrogens (tertiary/aromatic N) is 1. The van der Waals surface area contributed by atoms with Crippen LogP contribution in [0.1, 0.15) is 6.92 Å². The second-order valence-electron chi connectivity index (χ2n) is 3.94. The van der Waals surface area contributed by atoms with Gasteiger partial charge in [0.1, 0.15) is 0 Å². The molecule has 4 N–H and O–H groups in total. The molecule has 0 saturated carbocycles. The number of hydrogen-bond donors (Lipinski definition) is 3. The second-order valence-corrected chi connectivity index (χ2v) is 3.94. The third kappa shape index (κ3) is 5.05. The molecule has 0 unspecified atom stereocenters. The van der Waals surface area contributed by atoms with Crippen LogP contribution in [0.5, 0.6) is 11.5 Å². The van der Waals surface area contributed by atoms with Crippen molar-refractivity contribution in [1.29, 1.82) is 0 Å². The number of nitrogens with one attached hydrogen (secondary N) is 2. The van der Waals surface area contributed by atoms with Gasteiger partial charge in [-0.25, -0.2) is 0 Å². The molecule has 1 amide bonds. The molecule has 0 aromatic heterocycles. The van der Waals surface area contributed by atoms with Crippen molar-refractivity contribution >= 4 is 17.6 Å². The number of carbonyl (C=O) groups excluding carboxylic acids is 1. The minimum Gasteiger partial charge on any atom is -0.493 e. The SMILES string of the molecule is COc1ccc(NC(N)=NCCNC(C)=O)cc1OC. The Kier molecular flexibility index (Phi) is 6.15. The Bertz CT molecular complexity index is 489. The molecule has 0 bridgehead atoms. The molecule has 0 fully saturated rings. The van der Waals surface area contributed by atoms with E-state index in [4.69, 9.17) is 15.2 Å². The molecular weight excluding hydrogens is 260 g/mol. The number of nitrogens with two attached hydrogens (primary N) is 1. The van der Waals surface area contributed by atoms with E-state index in [1.54, 1.807) is 32.4 Å². The zero-order valence-electron chi connectivity index (χ0n) is 11.9. The number of carbonyl (C=O) groups is 1. The first kappa shape index (κ1) is 15.6.